The number of halogens is 4. The van der Waals surface area contributed by atoms with Gasteiger partial charge in [-0.05, 0) is 23.8 Å². The van der Waals surface area contributed by atoms with E-state index in [1.54, 1.807) is 18.2 Å². The first-order chi connectivity index (χ1) is 9.49. The number of aldehydes is 1. The van der Waals surface area contributed by atoms with Crippen LogP contribution in [0.4, 0.5) is 0 Å². The molecule has 2 aromatic rings. The van der Waals surface area contributed by atoms with Gasteiger partial charge in [0.2, 0.25) is 0 Å². The molecule has 20 heavy (non-hydrogen) atoms. The lowest BCUT2D eigenvalue weighted by molar-refractivity contribution is 0.112. The standard InChI is InChI=1S/C14H8Cl4O2/c1-20-11-3-2-7(4-8(11)6-19)12-13(17)9(15)5-10(16)14(12)18/h2-6H,1H3. The SMILES string of the molecule is COc1ccc(-c2c(Cl)c(Cl)cc(Cl)c2Cl)cc1C=O. The largest absolute Gasteiger partial charge is 0.496 e. The van der Waals surface area contributed by atoms with Crippen LogP contribution in [0.25, 0.3) is 11.1 Å². The first-order valence-electron chi connectivity index (χ1n) is 5.46. The number of carbonyl (C=O) groups excluding carboxylic acids is 1. The molecule has 0 aliphatic carbocycles. The van der Waals surface area contributed by atoms with Crippen molar-refractivity contribution >= 4 is 52.7 Å². The van der Waals surface area contributed by atoms with E-state index in [1.807, 2.05) is 0 Å². The molecule has 0 bridgehead atoms. The van der Waals surface area contributed by atoms with Gasteiger partial charge in [-0.25, -0.2) is 0 Å². The summed E-state index contributed by atoms with van der Waals surface area (Å²) >= 11 is 24.4. The van der Waals surface area contributed by atoms with Crippen LogP contribution in [0, 0.1) is 0 Å². The van der Waals surface area contributed by atoms with Gasteiger partial charge in [-0.15, -0.1) is 0 Å². The molecular weight excluding hydrogens is 342 g/mol. The molecule has 2 nitrogen and oxygen atoms in total. The van der Waals surface area contributed by atoms with Gasteiger partial charge in [0.25, 0.3) is 0 Å². The van der Waals surface area contributed by atoms with Crippen molar-refractivity contribution in [2.24, 2.45) is 0 Å². The van der Waals surface area contributed by atoms with E-state index >= 15 is 0 Å². The number of rotatable bonds is 3. The zero-order valence-electron chi connectivity index (χ0n) is 10.2. The minimum atomic E-state index is 0.281. The van der Waals surface area contributed by atoms with Crippen molar-refractivity contribution in [1.29, 1.82) is 0 Å². The monoisotopic (exact) mass is 348 g/mol. The van der Waals surface area contributed by atoms with Crippen molar-refractivity contribution in [3.05, 3.63) is 49.9 Å². The summed E-state index contributed by atoms with van der Waals surface area (Å²) in [7, 11) is 1.48. The average molecular weight is 350 g/mol. The Morgan fingerprint density at radius 3 is 2.10 bits per heavy atom. The van der Waals surface area contributed by atoms with Crippen molar-refractivity contribution in [2.45, 2.75) is 0 Å². The fourth-order valence-electron chi connectivity index (χ4n) is 1.81. The van der Waals surface area contributed by atoms with Gasteiger partial charge in [-0.1, -0.05) is 52.5 Å². The van der Waals surface area contributed by atoms with Crippen molar-refractivity contribution in [2.75, 3.05) is 7.11 Å². The highest BCUT2D eigenvalue weighted by atomic mass is 35.5. The number of hydrogen-bond acceptors (Lipinski definition) is 2. The fraction of sp³-hybridized carbons (Fsp3) is 0.0714. The lowest BCUT2D eigenvalue weighted by Crippen LogP contribution is -1.92. The van der Waals surface area contributed by atoms with Crippen LogP contribution in [0.15, 0.2) is 24.3 Å². The molecule has 104 valence electrons. The predicted octanol–water partition coefficient (Wildman–Crippen LogP) is 5.79. The van der Waals surface area contributed by atoms with Crippen LogP contribution in [-0.4, -0.2) is 13.4 Å². The van der Waals surface area contributed by atoms with Gasteiger partial charge in [0.1, 0.15) is 5.75 Å². The zero-order valence-corrected chi connectivity index (χ0v) is 13.2. The molecule has 6 heteroatoms. The highest BCUT2D eigenvalue weighted by Gasteiger charge is 2.17. The summed E-state index contributed by atoms with van der Waals surface area (Å²) in [5.74, 6) is 0.462. The van der Waals surface area contributed by atoms with Gasteiger partial charge in [0.15, 0.2) is 6.29 Å². The molecule has 0 aliphatic heterocycles. The number of benzene rings is 2. The van der Waals surface area contributed by atoms with Crippen LogP contribution in [0.1, 0.15) is 10.4 Å². The lowest BCUT2D eigenvalue weighted by Gasteiger charge is -2.12. The third-order valence-electron chi connectivity index (χ3n) is 2.76. The number of carbonyl (C=O) groups is 1. The van der Waals surface area contributed by atoms with Gasteiger partial charge in [0, 0.05) is 5.56 Å². The second kappa shape index (κ2) is 6.23. The van der Waals surface area contributed by atoms with E-state index in [2.05, 4.69) is 0 Å². The van der Waals surface area contributed by atoms with E-state index in [-0.39, 0.29) is 10.0 Å². The summed E-state index contributed by atoms with van der Waals surface area (Å²) in [6.07, 6.45) is 0.691. The average Bonchev–Trinajstić information content (AvgIpc) is 2.45. The Hall–Kier alpha value is -0.930. The van der Waals surface area contributed by atoms with Gasteiger partial charge < -0.3 is 4.74 Å². The molecule has 0 amide bonds. The summed E-state index contributed by atoms with van der Waals surface area (Å²) in [5, 5.41) is 1.14. The summed E-state index contributed by atoms with van der Waals surface area (Å²) in [5.41, 5.74) is 1.50. The third-order valence-corrected chi connectivity index (χ3v) is 4.33. The fourth-order valence-corrected chi connectivity index (χ4v) is 2.84. The predicted molar refractivity (Wildman–Crippen MR) is 83.9 cm³/mol. The highest BCUT2D eigenvalue weighted by Crippen LogP contribution is 2.43. The molecule has 0 aliphatic rings. The maximum Gasteiger partial charge on any atom is 0.153 e. The van der Waals surface area contributed by atoms with Gasteiger partial charge >= 0.3 is 0 Å². The molecule has 2 rings (SSSR count). The molecule has 0 fully saturated rings. The van der Waals surface area contributed by atoms with Crippen LogP contribution in [0.5, 0.6) is 5.75 Å². The second-order valence-electron chi connectivity index (χ2n) is 3.92. The molecule has 0 saturated carbocycles. The maximum atomic E-state index is 11.1. The first-order valence-corrected chi connectivity index (χ1v) is 6.97. The number of ether oxygens (including phenoxy) is 1. The summed E-state index contributed by atoms with van der Waals surface area (Å²) in [6, 6.07) is 6.47. The van der Waals surface area contributed by atoms with Crippen molar-refractivity contribution in [3.8, 4) is 16.9 Å². The van der Waals surface area contributed by atoms with E-state index < -0.39 is 0 Å². The Morgan fingerprint density at radius 1 is 1.00 bits per heavy atom. The summed E-state index contributed by atoms with van der Waals surface area (Å²) in [4.78, 5) is 11.1. The zero-order chi connectivity index (χ0) is 14.9. The summed E-state index contributed by atoms with van der Waals surface area (Å²) in [6.45, 7) is 0. The molecule has 2 aromatic carbocycles. The first kappa shape index (κ1) is 15.5. The minimum Gasteiger partial charge on any atom is -0.496 e. The van der Waals surface area contributed by atoms with Crippen LogP contribution >= 0.6 is 46.4 Å². The number of methoxy groups -OCH3 is 1. The smallest absolute Gasteiger partial charge is 0.153 e. The molecule has 0 heterocycles. The molecule has 0 spiro atoms. The molecule has 0 unspecified atom stereocenters. The van der Waals surface area contributed by atoms with E-state index in [4.69, 9.17) is 51.1 Å². The van der Waals surface area contributed by atoms with Gasteiger partial charge in [0.05, 0.1) is 32.8 Å². The van der Waals surface area contributed by atoms with Crippen molar-refractivity contribution < 1.29 is 9.53 Å². The van der Waals surface area contributed by atoms with Gasteiger partial charge in [-0.2, -0.15) is 0 Å². The number of hydrogen-bond donors (Lipinski definition) is 0. The second-order valence-corrected chi connectivity index (χ2v) is 5.49. The Bertz CT molecular complexity index is 657. The van der Waals surface area contributed by atoms with E-state index in [9.17, 15) is 4.79 Å². The maximum absolute atomic E-state index is 11.1. The Balaban J connectivity index is 2.72. The van der Waals surface area contributed by atoms with E-state index in [0.29, 0.717) is 38.8 Å². The Morgan fingerprint density at radius 2 is 1.60 bits per heavy atom. The van der Waals surface area contributed by atoms with Crippen LogP contribution < -0.4 is 4.74 Å². The van der Waals surface area contributed by atoms with Crippen molar-refractivity contribution in [3.63, 3.8) is 0 Å². The van der Waals surface area contributed by atoms with Gasteiger partial charge in [-0.3, -0.25) is 4.79 Å². The molecule has 0 atom stereocenters. The van der Waals surface area contributed by atoms with Crippen LogP contribution in [0.2, 0.25) is 20.1 Å². The molecular formula is C14H8Cl4O2. The molecule has 0 radical (unpaired) electrons. The Kier molecular flexibility index (Phi) is 4.82. The summed E-state index contributed by atoms with van der Waals surface area (Å²) < 4.78 is 5.09. The normalized spacial score (nSPS) is 10.4. The van der Waals surface area contributed by atoms with E-state index in [1.165, 1.54) is 13.2 Å². The Labute approximate surface area is 136 Å². The van der Waals surface area contributed by atoms with Crippen LogP contribution in [0.3, 0.4) is 0 Å². The quantitative estimate of drug-likeness (QED) is 0.518. The topological polar surface area (TPSA) is 26.3 Å². The molecule has 0 N–H and O–H groups in total. The van der Waals surface area contributed by atoms with Crippen LogP contribution in [-0.2, 0) is 0 Å². The van der Waals surface area contributed by atoms with Crippen molar-refractivity contribution in [1.82, 2.24) is 0 Å². The lowest BCUT2D eigenvalue weighted by atomic mass is 10.0. The molecule has 0 saturated heterocycles. The third kappa shape index (κ3) is 2.75. The highest BCUT2D eigenvalue weighted by molar-refractivity contribution is 6.50. The minimum absolute atomic E-state index is 0.281. The molecule has 0 aromatic heterocycles. The van der Waals surface area contributed by atoms with E-state index in [0.717, 1.165) is 0 Å².